The van der Waals surface area contributed by atoms with Gasteiger partial charge in [0.05, 0.1) is 32.8 Å². The Labute approximate surface area is 240 Å². The number of nitrogens with zero attached hydrogens (tertiary/aromatic N) is 3. The highest BCUT2D eigenvalue weighted by Gasteiger charge is 2.52. The Morgan fingerprint density at radius 1 is 1.07 bits per heavy atom. The largest absolute Gasteiger partial charge is 0.495 e. The van der Waals surface area contributed by atoms with E-state index in [1.807, 2.05) is 0 Å². The van der Waals surface area contributed by atoms with E-state index in [-0.39, 0.29) is 16.7 Å². The molecule has 3 aliphatic heterocycles. The zero-order valence-electron chi connectivity index (χ0n) is 23.2. The minimum absolute atomic E-state index is 0.0811. The van der Waals surface area contributed by atoms with Crippen molar-refractivity contribution >= 4 is 28.4 Å². The molecule has 0 radical (unpaired) electrons. The van der Waals surface area contributed by atoms with Crippen LogP contribution in [0.1, 0.15) is 40.7 Å². The van der Waals surface area contributed by atoms with Gasteiger partial charge >= 0.3 is 0 Å². The number of carbonyl (C=O) groups excluding carboxylic acids is 1. The summed E-state index contributed by atoms with van der Waals surface area (Å²) in [6.07, 6.45) is 4.22. The number of carbonyl (C=O) groups is 1. The highest BCUT2D eigenvalue weighted by molar-refractivity contribution is 7.86. The number of likely N-dealkylation sites (tertiary alicyclic amines) is 1. The number of anilines is 2. The van der Waals surface area contributed by atoms with Gasteiger partial charge in [0.1, 0.15) is 16.4 Å². The van der Waals surface area contributed by atoms with Crippen molar-refractivity contribution in [2.24, 2.45) is 5.41 Å². The Morgan fingerprint density at radius 2 is 1.80 bits per heavy atom. The van der Waals surface area contributed by atoms with Crippen LogP contribution in [0.5, 0.6) is 11.5 Å². The molecule has 1 N–H and O–H groups in total. The maximum absolute atomic E-state index is 13.8. The highest BCUT2D eigenvalue weighted by Crippen LogP contribution is 2.59. The zero-order valence-corrected chi connectivity index (χ0v) is 24.0. The van der Waals surface area contributed by atoms with Crippen molar-refractivity contribution in [3.05, 3.63) is 47.0 Å². The first-order chi connectivity index (χ1) is 19.9. The lowest BCUT2D eigenvalue weighted by molar-refractivity contribution is -0.176. The van der Waals surface area contributed by atoms with Crippen LogP contribution in [0.4, 0.5) is 11.5 Å². The Balaban J connectivity index is 1.09. The van der Waals surface area contributed by atoms with E-state index in [2.05, 4.69) is 33.0 Å². The van der Waals surface area contributed by atoms with Gasteiger partial charge in [-0.1, -0.05) is 11.2 Å². The molecule has 5 aliphatic rings. The number of amides is 1. The fourth-order valence-electron chi connectivity index (χ4n) is 6.74. The summed E-state index contributed by atoms with van der Waals surface area (Å²) in [7, 11) is 1.19. The van der Waals surface area contributed by atoms with Crippen molar-refractivity contribution in [2.45, 2.75) is 36.0 Å². The Hall–Kier alpha value is -3.57. The smallest absolute Gasteiger partial charge is 0.254 e. The van der Waals surface area contributed by atoms with Gasteiger partial charge < -0.3 is 28.5 Å². The molecule has 2 spiro atoms. The summed E-state index contributed by atoms with van der Waals surface area (Å²) >= 11 is 0. The van der Waals surface area contributed by atoms with Gasteiger partial charge in [0.25, 0.3) is 5.91 Å². The number of hydrogen-bond acceptors (Lipinski definition) is 8. The zero-order chi connectivity index (χ0) is 27.9. The third-order valence-corrected chi connectivity index (χ3v) is 10.6. The molecule has 2 aliphatic carbocycles. The molecule has 3 saturated heterocycles. The van der Waals surface area contributed by atoms with Gasteiger partial charge in [-0.3, -0.25) is 9.52 Å². The van der Waals surface area contributed by atoms with Crippen LogP contribution in [0.25, 0.3) is 11.3 Å². The number of benzene rings is 2. The predicted octanol–water partition coefficient (Wildman–Crippen LogP) is 3.76. The summed E-state index contributed by atoms with van der Waals surface area (Å²) < 4.78 is 39.4. The number of fused-ring (bicyclic) bond motifs is 4. The summed E-state index contributed by atoms with van der Waals surface area (Å²) in [6, 6.07) is 9.96. The second-order valence-corrected chi connectivity index (χ2v) is 13.3. The van der Waals surface area contributed by atoms with E-state index in [9.17, 15) is 9.00 Å². The van der Waals surface area contributed by atoms with Crippen molar-refractivity contribution < 1.29 is 27.7 Å². The van der Waals surface area contributed by atoms with E-state index in [1.165, 1.54) is 31.9 Å². The lowest BCUT2D eigenvalue weighted by Crippen LogP contribution is -2.67. The number of methoxy groups -OCH3 is 2. The molecule has 214 valence electrons. The molecule has 2 aromatic carbocycles. The number of hydrogen-bond donors (Lipinski definition) is 1. The van der Waals surface area contributed by atoms with Gasteiger partial charge in [0, 0.05) is 54.0 Å². The molecular formula is C30H32N4O6S. The standard InChI is InChI=1S/C30H32N4O6S/c1-37-23-10-18(28(35)34-14-29(15-34)16-39-17-29)11-24(38-2)26(23)41(36)32-27-21-13-30(6-7-30)22-5-4-19(33-8-3-9-33)12-20(22)25(21)40-31-27/h4-5,10-12H,3,6-9,13-17H2,1-2H3,(H,31,32). The van der Waals surface area contributed by atoms with E-state index in [0.717, 1.165) is 49.2 Å². The molecule has 1 saturated carbocycles. The molecule has 41 heavy (non-hydrogen) atoms. The summed E-state index contributed by atoms with van der Waals surface area (Å²) in [5.41, 5.74) is 5.17. The average molecular weight is 577 g/mol. The van der Waals surface area contributed by atoms with Crippen LogP contribution < -0.4 is 19.1 Å². The third kappa shape index (κ3) is 3.81. The van der Waals surface area contributed by atoms with Gasteiger partial charge in [0.2, 0.25) is 0 Å². The van der Waals surface area contributed by atoms with Crippen molar-refractivity contribution in [2.75, 3.05) is 63.2 Å². The van der Waals surface area contributed by atoms with Crippen LogP contribution in [-0.2, 0) is 27.6 Å². The maximum Gasteiger partial charge on any atom is 0.254 e. The second kappa shape index (κ2) is 8.96. The SMILES string of the molecule is COc1cc(C(=O)N2CC3(COC3)C2)cc(OC)c1S(=O)Nc1noc2c1CC1(CC1)c1ccc(N3CCC3)cc1-2. The number of rotatable bonds is 7. The van der Waals surface area contributed by atoms with Crippen LogP contribution in [-0.4, -0.2) is 73.8 Å². The number of nitrogens with one attached hydrogen (secondary N) is 1. The molecule has 1 unspecified atom stereocenters. The molecule has 10 nitrogen and oxygen atoms in total. The monoisotopic (exact) mass is 576 g/mol. The van der Waals surface area contributed by atoms with Crippen LogP contribution >= 0.6 is 0 Å². The molecular weight excluding hydrogens is 544 g/mol. The molecule has 1 amide bonds. The van der Waals surface area contributed by atoms with Crippen molar-refractivity contribution in [3.8, 4) is 22.8 Å². The fourth-order valence-corrected chi connectivity index (χ4v) is 7.83. The minimum Gasteiger partial charge on any atom is -0.495 e. The fraction of sp³-hybridized carbons (Fsp3) is 0.467. The first-order valence-corrected chi connectivity index (χ1v) is 15.3. The van der Waals surface area contributed by atoms with Gasteiger partial charge in [-0.05, 0) is 55.5 Å². The summed E-state index contributed by atoms with van der Waals surface area (Å²) in [5, 5.41) is 4.34. The molecule has 1 aromatic heterocycles. The number of aromatic nitrogens is 1. The Kier molecular flexibility index (Phi) is 5.50. The summed E-state index contributed by atoms with van der Waals surface area (Å²) in [6.45, 7) is 4.89. The molecule has 8 rings (SSSR count). The molecule has 1 atom stereocenters. The van der Waals surface area contributed by atoms with Crippen molar-refractivity contribution in [1.29, 1.82) is 0 Å². The Bertz CT molecular complexity index is 1570. The summed E-state index contributed by atoms with van der Waals surface area (Å²) in [4.78, 5) is 17.7. The molecule has 4 fully saturated rings. The van der Waals surface area contributed by atoms with Crippen LogP contribution in [0, 0.1) is 5.41 Å². The topological polar surface area (TPSA) is 106 Å². The lowest BCUT2D eigenvalue weighted by atomic mass is 9.78. The first-order valence-electron chi connectivity index (χ1n) is 14.1. The number of ether oxygens (including phenoxy) is 3. The quantitative estimate of drug-likeness (QED) is 0.453. The molecule has 11 heteroatoms. The van der Waals surface area contributed by atoms with E-state index in [0.29, 0.717) is 54.1 Å². The van der Waals surface area contributed by atoms with Crippen LogP contribution in [0.3, 0.4) is 0 Å². The van der Waals surface area contributed by atoms with Crippen LogP contribution in [0.15, 0.2) is 39.8 Å². The predicted molar refractivity (Wildman–Crippen MR) is 152 cm³/mol. The van der Waals surface area contributed by atoms with Gasteiger partial charge in [-0.25, -0.2) is 4.21 Å². The van der Waals surface area contributed by atoms with Gasteiger partial charge in [-0.2, -0.15) is 0 Å². The van der Waals surface area contributed by atoms with E-state index >= 15 is 0 Å². The normalized spacial score (nSPS) is 21.2. The first kappa shape index (κ1) is 25.2. The molecule has 0 bridgehead atoms. The third-order valence-electron chi connectivity index (χ3n) is 9.44. The van der Waals surface area contributed by atoms with Gasteiger partial charge in [-0.15, -0.1) is 0 Å². The second-order valence-electron chi connectivity index (χ2n) is 12.1. The average Bonchev–Trinajstić information content (AvgIpc) is 3.56. The molecule has 3 aromatic rings. The van der Waals surface area contributed by atoms with Crippen molar-refractivity contribution in [3.63, 3.8) is 0 Å². The Morgan fingerprint density at radius 3 is 2.39 bits per heavy atom. The van der Waals surface area contributed by atoms with Crippen molar-refractivity contribution in [1.82, 2.24) is 10.1 Å². The van der Waals surface area contributed by atoms with Crippen LogP contribution in [0.2, 0.25) is 0 Å². The minimum atomic E-state index is -1.80. The molecule has 4 heterocycles. The van der Waals surface area contributed by atoms with E-state index < -0.39 is 11.0 Å². The lowest BCUT2D eigenvalue weighted by Gasteiger charge is -2.54. The van der Waals surface area contributed by atoms with Gasteiger partial charge in [0.15, 0.2) is 22.6 Å². The highest BCUT2D eigenvalue weighted by atomic mass is 32.2. The maximum atomic E-state index is 13.8. The summed E-state index contributed by atoms with van der Waals surface area (Å²) in [5.74, 6) is 1.70. The van der Waals surface area contributed by atoms with E-state index in [4.69, 9.17) is 18.7 Å². The van der Waals surface area contributed by atoms with E-state index in [1.54, 1.807) is 17.0 Å².